The second kappa shape index (κ2) is 11.0. The van der Waals surface area contributed by atoms with Gasteiger partial charge in [0.2, 0.25) is 5.91 Å². The Morgan fingerprint density at radius 2 is 2.06 bits per heavy atom. The number of carbonyl (C=O) groups is 3. The number of carbonyl (C=O) groups excluding carboxylic acids is 3. The summed E-state index contributed by atoms with van der Waals surface area (Å²) in [5.74, 6) is -1.45. The van der Waals surface area contributed by atoms with E-state index in [-0.39, 0.29) is 29.2 Å². The molecule has 2 N–H and O–H groups in total. The van der Waals surface area contributed by atoms with E-state index >= 15 is 0 Å². The number of H-pyrrole nitrogens is 1. The molecule has 1 aromatic heterocycles. The SMILES string of the molecule is COC(=O)C(Cc1c[nH]c2cc(F)ccc12)NC(=O)C(CSC(C)=O)C1CCc2cc(Br)ccc21. The molecule has 1 amide bonds. The van der Waals surface area contributed by atoms with E-state index < -0.39 is 17.9 Å². The van der Waals surface area contributed by atoms with Crippen LogP contribution in [0.2, 0.25) is 0 Å². The summed E-state index contributed by atoms with van der Waals surface area (Å²) in [5.41, 5.74) is 3.66. The molecular weight excluding hydrogens is 535 g/mol. The van der Waals surface area contributed by atoms with Crippen LogP contribution < -0.4 is 5.32 Å². The molecular formula is C26H26BrFN2O4S. The van der Waals surface area contributed by atoms with Gasteiger partial charge in [-0.1, -0.05) is 33.8 Å². The minimum absolute atomic E-state index is 0.0562. The van der Waals surface area contributed by atoms with Crippen LogP contribution in [-0.4, -0.2) is 40.9 Å². The Bertz CT molecular complexity index is 1280. The third-order valence-corrected chi connectivity index (χ3v) is 7.90. The molecule has 35 heavy (non-hydrogen) atoms. The standard InChI is InChI=1S/C26H26BrFN2O4S/c1-14(31)35-13-22(21-6-3-15-9-17(27)4-7-19(15)21)25(32)30-24(26(33)34-2)10-16-12-29-23-11-18(28)5-8-20(16)23/h4-5,7-9,11-12,21-22,24,29H,3,6,10,13H2,1-2H3,(H,30,32). The Kier molecular flexibility index (Phi) is 7.96. The number of aromatic amines is 1. The van der Waals surface area contributed by atoms with Crippen molar-refractivity contribution in [3.63, 3.8) is 0 Å². The molecule has 4 rings (SSSR count). The lowest BCUT2D eigenvalue weighted by Crippen LogP contribution is -2.47. The number of rotatable bonds is 8. The lowest BCUT2D eigenvalue weighted by molar-refractivity contribution is -0.145. The summed E-state index contributed by atoms with van der Waals surface area (Å²) in [6, 6.07) is 9.52. The van der Waals surface area contributed by atoms with E-state index in [0.717, 1.165) is 45.6 Å². The zero-order valence-corrected chi connectivity index (χ0v) is 21.8. The molecule has 0 bridgehead atoms. The van der Waals surface area contributed by atoms with Crippen LogP contribution in [0.5, 0.6) is 0 Å². The van der Waals surface area contributed by atoms with Crippen LogP contribution in [0.15, 0.2) is 47.1 Å². The van der Waals surface area contributed by atoms with Crippen LogP contribution in [0.1, 0.15) is 36.0 Å². The minimum atomic E-state index is -0.924. The second-order valence-corrected chi connectivity index (χ2v) is 10.8. The molecule has 184 valence electrons. The summed E-state index contributed by atoms with van der Waals surface area (Å²) in [7, 11) is 1.28. The molecule has 2 aromatic carbocycles. The number of hydrogen-bond acceptors (Lipinski definition) is 5. The van der Waals surface area contributed by atoms with Gasteiger partial charge in [-0.25, -0.2) is 9.18 Å². The third-order valence-electron chi connectivity index (χ3n) is 6.47. The molecule has 6 nitrogen and oxygen atoms in total. The largest absolute Gasteiger partial charge is 0.467 e. The number of amides is 1. The number of hydrogen-bond donors (Lipinski definition) is 2. The average Bonchev–Trinajstić information content (AvgIpc) is 3.41. The number of nitrogens with one attached hydrogen (secondary N) is 2. The number of aryl methyl sites for hydroxylation is 1. The molecule has 0 radical (unpaired) electrons. The number of thioether (sulfide) groups is 1. The maximum atomic E-state index is 13.6. The molecule has 0 saturated heterocycles. The van der Waals surface area contributed by atoms with Crippen molar-refractivity contribution < 1.29 is 23.5 Å². The minimum Gasteiger partial charge on any atom is -0.467 e. The van der Waals surface area contributed by atoms with Gasteiger partial charge in [0, 0.05) is 40.7 Å². The van der Waals surface area contributed by atoms with Gasteiger partial charge in [0.1, 0.15) is 11.9 Å². The Morgan fingerprint density at radius 3 is 2.80 bits per heavy atom. The summed E-state index contributed by atoms with van der Waals surface area (Å²) in [6.45, 7) is 1.48. The van der Waals surface area contributed by atoms with E-state index in [9.17, 15) is 18.8 Å². The Morgan fingerprint density at radius 1 is 1.26 bits per heavy atom. The summed E-state index contributed by atoms with van der Waals surface area (Å²) >= 11 is 4.62. The number of methoxy groups -OCH3 is 1. The van der Waals surface area contributed by atoms with E-state index in [0.29, 0.717) is 11.3 Å². The molecule has 3 aromatic rings. The van der Waals surface area contributed by atoms with Gasteiger partial charge in [0.05, 0.1) is 13.0 Å². The van der Waals surface area contributed by atoms with Gasteiger partial charge in [-0.2, -0.15) is 0 Å². The zero-order valence-electron chi connectivity index (χ0n) is 19.4. The lowest BCUT2D eigenvalue weighted by atomic mass is 9.87. The van der Waals surface area contributed by atoms with Crippen molar-refractivity contribution in [1.82, 2.24) is 10.3 Å². The van der Waals surface area contributed by atoms with Crippen molar-refractivity contribution in [3.8, 4) is 0 Å². The normalized spacial score (nSPS) is 16.5. The first kappa shape index (κ1) is 25.4. The van der Waals surface area contributed by atoms with Crippen molar-refractivity contribution in [2.24, 2.45) is 5.92 Å². The highest BCUT2D eigenvalue weighted by Gasteiger charge is 2.36. The fourth-order valence-electron chi connectivity index (χ4n) is 4.78. The van der Waals surface area contributed by atoms with Gasteiger partial charge in [-0.15, -0.1) is 0 Å². The highest BCUT2D eigenvalue weighted by atomic mass is 79.9. The number of halogens is 2. The predicted octanol–water partition coefficient (Wildman–Crippen LogP) is 4.90. The second-order valence-electron chi connectivity index (χ2n) is 8.69. The number of benzene rings is 2. The average molecular weight is 561 g/mol. The molecule has 0 saturated carbocycles. The maximum Gasteiger partial charge on any atom is 0.328 e. The highest BCUT2D eigenvalue weighted by Crippen LogP contribution is 2.41. The van der Waals surface area contributed by atoms with Crippen molar-refractivity contribution in [2.75, 3.05) is 12.9 Å². The predicted molar refractivity (Wildman–Crippen MR) is 138 cm³/mol. The Labute approximate surface area is 215 Å². The van der Waals surface area contributed by atoms with Crippen molar-refractivity contribution in [1.29, 1.82) is 0 Å². The zero-order chi connectivity index (χ0) is 25.1. The van der Waals surface area contributed by atoms with E-state index in [2.05, 4.69) is 32.3 Å². The van der Waals surface area contributed by atoms with Gasteiger partial charge < -0.3 is 15.0 Å². The number of ether oxygens (including phenoxy) is 1. The summed E-state index contributed by atoms with van der Waals surface area (Å²) in [6.07, 6.45) is 3.53. The molecule has 3 atom stereocenters. The summed E-state index contributed by atoms with van der Waals surface area (Å²) in [5, 5.41) is 3.60. The first-order chi connectivity index (χ1) is 16.8. The highest BCUT2D eigenvalue weighted by molar-refractivity contribution is 9.10. The van der Waals surface area contributed by atoms with E-state index in [1.54, 1.807) is 12.3 Å². The Balaban J connectivity index is 1.58. The third kappa shape index (κ3) is 5.78. The molecule has 1 heterocycles. The van der Waals surface area contributed by atoms with Crippen LogP contribution in [0.25, 0.3) is 10.9 Å². The first-order valence-corrected chi connectivity index (χ1v) is 13.1. The van der Waals surface area contributed by atoms with Gasteiger partial charge in [-0.05, 0) is 65.8 Å². The van der Waals surface area contributed by atoms with E-state index in [1.807, 2.05) is 12.1 Å². The van der Waals surface area contributed by atoms with Gasteiger partial charge in [0.15, 0.2) is 5.12 Å². The Hall–Kier alpha value is -2.65. The van der Waals surface area contributed by atoms with Crippen LogP contribution in [0, 0.1) is 11.7 Å². The molecule has 1 aliphatic carbocycles. The van der Waals surface area contributed by atoms with E-state index in [4.69, 9.17) is 4.74 Å². The number of aromatic nitrogens is 1. The van der Waals surface area contributed by atoms with Crippen LogP contribution in [-0.2, 0) is 32.0 Å². The van der Waals surface area contributed by atoms with Crippen LogP contribution in [0.4, 0.5) is 4.39 Å². The van der Waals surface area contributed by atoms with Gasteiger partial charge >= 0.3 is 5.97 Å². The number of fused-ring (bicyclic) bond motifs is 2. The van der Waals surface area contributed by atoms with Crippen molar-refractivity contribution in [2.45, 2.75) is 38.1 Å². The fourth-order valence-corrected chi connectivity index (χ4v) is 5.99. The monoisotopic (exact) mass is 560 g/mol. The maximum absolute atomic E-state index is 13.6. The summed E-state index contributed by atoms with van der Waals surface area (Å²) < 4.78 is 19.5. The quantitative estimate of drug-likeness (QED) is 0.383. The first-order valence-electron chi connectivity index (χ1n) is 11.3. The number of esters is 1. The lowest BCUT2D eigenvalue weighted by Gasteiger charge is -2.26. The van der Waals surface area contributed by atoms with E-state index in [1.165, 1.54) is 31.7 Å². The van der Waals surface area contributed by atoms with Gasteiger partial charge in [0.25, 0.3) is 0 Å². The summed E-state index contributed by atoms with van der Waals surface area (Å²) in [4.78, 5) is 41.0. The fraction of sp³-hybridized carbons (Fsp3) is 0.346. The molecule has 9 heteroatoms. The van der Waals surface area contributed by atoms with Crippen LogP contribution in [0.3, 0.4) is 0 Å². The molecule has 1 aliphatic rings. The molecule has 0 fully saturated rings. The topological polar surface area (TPSA) is 88.3 Å². The van der Waals surface area contributed by atoms with Crippen molar-refractivity contribution >= 4 is 55.6 Å². The van der Waals surface area contributed by atoms with Gasteiger partial charge in [-0.3, -0.25) is 9.59 Å². The molecule has 0 aliphatic heterocycles. The van der Waals surface area contributed by atoms with Crippen LogP contribution >= 0.6 is 27.7 Å². The molecule has 3 unspecified atom stereocenters. The smallest absolute Gasteiger partial charge is 0.328 e. The van der Waals surface area contributed by atoms with Crippen molar-refractivity contribution in [3.05, 3.63) is 69.6 Å². The molecule has 0 spiro atoms.